The average Bonchev–Trinajstić information content (AvgIpc) is 3.57. The maximum Gasteiger partial charge on any atom is 0.303 e. The van der Waals surface area contributed by atoms with Crippen LogP contribution in [-0.2, 0) is 31.3 Å². The third kappa shape index (κ3) is 3.00. The van der Waals surface area contributed by atoms with Crippen LogP contribution in [0.2, 0.25) is 0 Å². The van der Waals surface area contributed by atoms with Crippen molar-refractivity contribution in [2.75, 3.05) is 12.1 Å². The van der Waals surface area contributed by atoms with Crippen molar-refractivity contribution < 1.29 is 33.8 Å². The molecule has 0 aliphatic carbocycles. The van der Waals surface area contributed by atoms with Gasteiger partial charge in [0.2, 0.25) is 24.5 Å². The van der Waals surface area contributed by atoms with Crippen LogP contribution in [0.3, 0.4) is 0 Å². The van der Waals surface area contributed by atoms with E-state index >= 15 is 0 Å². The molecule has 4 aliphatic rings. The minimum Gasteiger partial charge on any atom is -0.481 e. The standard InChI is InChI=1S/C26H25N3O7/c1-12-3-5-15-22(13(12)2)27-25(34)26(15)21-20(16(28-26)6-8-19(30)31)23(32)29(24(21)33)10-14-4-7-17-18(9-14)36-11-35-17/h3-5,7,9,16,20-21,28H,6,8,10-11H2,1-2H3,(H,27,34)(H,30,31)/t16-,20-,21-,26+/m1/s1. The molecular formula is C26H25N3O7. The van der Waals surface area contributed by atoms with Crippen molar-refractivity contribution in [1.29, 1.82) is 0 Å². The van der Waals surface area contributed by atoms with Crippen molar-refractivity contribution in [3.63, 3.8) is 0 Å². The van der Waals surface area contributed by atoms with Gasteiger partial charge in [-0.3, -0.25) is 29.4 Å². The lowest BCUT2D eigenvalue weighted by atomic mass is 9.76. The highest BCUT2D eigenvalue weighted by Crippen LogP contribution is 2.54. The number of likely N-dealkylation sites (tertiary alicyclic amines) is 1. The molecule has 3 amide bonds. The molecule has 0 aromatic heterocycles. The second-order valence-corrected chi connectivity index (χ2v) is 9.83. The number of carboxylic acid groups (broad SMARTS) is 1. The van der Waals surface area contributed by atoms with E-state index in [0.29, 0.717) is 28.3 Å². The Hall–Kier alpha value is -3.92. The van der Waals surface area contributed by atoms with E-state index in [4.69, 9.17) is 9.47 Å². The number of carboxylic acids is 1. The number of rotatable bonds is 5. The molecule has 2 saturated heterocycles. The van der Waals surface area contributed by atoms with Crippen LogP contribution in [-0.4, -0.2) is 46.5 Å². The van der Waals surface area contributed by atoms with E-state index in [1.165, 1.54) is 4.90 Å². The van der Waals surface area contributed by atoms with Gasteiger partial charge in [-0.05, 0) is 49.1 Å². The van der Waals surface area contributed by atoms with E-state index in [1.807, 2.05) is 26.0 Å². The first-order chi connectivity index (χ1) is 17.2. The van der Waals surface area contributed by atoms with E-state index in [-0.39, 0.29) is 26.2 Å². The number of benzene rings is 2. The average molecular weight is 492 g/mol. The Bertz CT molecular complexity index is 1360. The normalized spacial score (nSPS) is 27.6. The SMILES string of the molecule is Cc1ccc2c(c1C)NC(=O)[C@]21N[C@H](CCC(=O)O)[C@H]2C(=O)N(Cc3ccc4c(c3)OCO4)C(=O)[C@@H]21. The molecule has 3 N–H and O–H groups in total. The predicted molar refractivity (Wildman–Crippen MR) is 125 cm³/mol. The van der Waals surface area contributed by atoms with Gasteiger partial charge in [0.25, 0.3) is 0 Å². The maximum absolute atomic E-state index is 13.9. The second kappa shape index (κ2) is 7.79. The molecule has 2 aromatic rings. The van der Waals surface area contributed by atoms with Gasteiger partial charge in [0.15, 0.2) is 11.5 Å². The molecule has 0 unspecified atom stereocenters. The fraction of sp³-hybridized carbons (Fsp3) is 0.385. The van der Waals surface area contributed by atoms with Gasteiger partial charge in [-0.2, -0.15) is 0 Å². The predicted octanol–water partition coefficient (Wildman–Crippen LogP) is 1.82. The highest BCUT2D eigenvalue weighted by atomic mass is 16.7. The van der Waals surface area contributed by atoms with Crippen molar-refractivity contribution >= 4 is 29.4 Å². The van der Waals surface area contributed by atoms with Crippen LogP contribution in [0.15, 0.2) is 30.3 Å². The van der Waals surface area contributed by atoms with Gasteiger partial charge < -0.3 is 19.9 Å². The summed E-state index contributed by atoms with van der Waals surface area (Å²) in [6.45, 7) is 3.96. The molecule has 186 valence electrons. The number of nitrogens with zero attached hydrogens (tertiary/aromatic N) is 1. The first kappa shape index (κ1) is 22.5. The van der Waals surface area contributed by atoms with Gasteiger partial charge in [0, 0.05) is 23.7 Å². The molecule has 6 rings (SSSR count). The Labute approximate surface area is 206 Å². The van der Waals surface area contributed by atoms with Gasteiger partial charge in [0.1, 0.15) is 5.54 Å². The lowest BCUT2D eigenvalue weighted by Crippen LogP contribution is -2.53. The number of aryl methyl sites for hydroxylation is 1. The van der Waals surface area contributed by atoms with Gasteiger partial charge in [-0.15, -0.1) is 0 Å². The lowest BCUT2D eigenvalue weighted by Gasteiger charge is -2.29. The topological polar surface area (TPSA) is 134 Å². The fourth-order valence-corrected chi connectivity index (χ4v) is 6.08. The number of fused-ring (bicyclic) bond motifs is 5. The molecule has 4 atom stereocenters. The molecule has 10 nitrogen and oxygen atoms in total. The Kier molecular flexibility index (Phi) is 4.88. The van der Waals surface area contributed by atoms with Crippen molar-refractivity contribution in [3.8, 4) is 11.5 Å². The molecule has 0 saturated carbocycles. The van der Waals surface area contributed by atoms with E-state index in [1.54, 1.807) is 18.2 Å². The summed E-state index contributed by atoms with van der Waals surface area (Å²) >= 11 is 0. The molecule has 1 spiro atoms. The van der Waals surface area contributed by atoms with Crippen LogP contribution in [0.4, 0.5) is 5.69 Å². The van der Waals surface area contributed by atoms with E-state index in [0.717, 1.165) is 11.1 Å². The number of hydrogen-bond donors (Lipinski definition) is 3. The monoisotopic (exact) mass is 491 g/mol. The summed E-state index contributed by atoms with van der Waals surface area (Å²) in [6, 6.07) is 8.29. The summed E-state index contributed by atoms with van der Waals surface area (Å²) < 4.78 is 10.8. The summed E-state index contributed by atoms with van der Waals surface area (Å²) in [6.07, 6.45) is -0.0788. The summed E-state index contributed by atoms with van der Waals surface area (Å²) in [7, 11) is 0. The number of carbonyl (C=O) groups is 4. The quantitative estimate of drug-likeness (QED) is 0.540. The number of anilines is 1. The molecule has 2 aromatic carbocycles. The second-order valence-electron chi connectivity index (χ2n) is 9.83. The van der Waals surface area contributed by atoms with Crippen molar-refractivity contribution in [2.24, 2.45) is 11.8 Å². The van der Waals surface area contributed by atoms with Crippen molar-refractivity contribution in [3.05, 3.63) is 52.6 Å². The van der Waals surface area contributed by atoms with Crippen molar-refractivity contribution in [2.45, 2.75) is 44.8 Å². The van der Waals surface area contributed by atoms with Crippen LogP contribution < -0.4 is 20.1 Å². The van der Waals surface area contributed by atoms with E-state index in [2.05, 4.69) is 10.6 Å². The number of carbonyl (C=O) groups excluding carboxylic acids is 3. The Morgan fingerprint density at radius 3 is 2.67 bits per heavy atom. The number of amides is 3. The van der Waals surface area contributed by atoms with Gasteiger partial charge >= 0.3 is 5.97 Å². The number of aliphatic carboxylic acids is 1. The Balaban J connectivity index is 1.41. The van der Waals surface area contributed by atoms with Gasteiger partial charge in [-0.1, -0.05) is 18.2 Å². The van der Waals surface area contributed by atoms with Crippen LogP contribution in [0.5, 0.6) is 11.5 Å². The summed E-state index contributed by atoms with van der Waals surface area (Å²) in [5.41, 5.74) is 2.38. The molecule has 2 fully saturated rings. The van der Waals surface area contributed by atoms with Crippen LogP contribution in [0.1, 0.15) is 35.1 Å². The van der Waals surface area contributed by atoms with Crippen LogP contribution >= 0.6 is 0 Å². The molecule has 4 heterocycles. The third-order valence-electron chi connectivity index (χ3n) is 7.96. The van der Waals surface area contributed by atoms with Gasteiger partial charge in [-0.25, -0.2) is 0 Å². The number of imide groups is 1. The van der Waals surface area contributed by atoms with Gasteiger partial charge in [0.05, 0.1) is 18.4 Å². The zero-order valence-corrected chi connectivity index (χ0v) is 19.8. The minimum absolute atomic E-state index is 0.0183. The van der Waals surface area contributed by atoms with Crippen LogP contribution in [0.25, 0.3) is 0 Å². The zero-order chi connectivity index (χ0) is 25.4. The molecule has 10 heteroatoms. The molecule has 4 aliphatic heterocycles. The molecule has 0 bridgehead atoms. The lowest BCUT2D eigenvalue weighted by molar-refractivity contribution is -0.144. The van der Waals surface area contributed by atoms with E-state index in [9.17, 15) is 24.3 Å². The number of hydrogen-bond acceptors (Lipinski definition) is 7. The molecule has 0 radical (unpaired) electrons. The molecule has 36 heavy (non-hydrogen) atoms. The summed E-state index contributed by atoms with van der Waals surface area (Å²) in [5, 5.41) is 15.5. The number of nitrogens with one attached hydrogen (secondary N) is 2. The summed E-state index contributed by atoms with van der Waals surface area (Å²) in [4.78, 5) is 53.7. The zero-order valence-electron chi connectivity index (χ0n) is 19.8. The van der Waals surface area contributed by atoms with E-state index < -0.39 is 47.1 Å². The highest BCUT2D eigenvalue weighted by molar-refractivity contribution is 6.15. The minimum atomic E-state index is -1.45. The Morgan fingerprint density at radius 2 is 1.89 bits per heavy atom. The first-order valence-corrected chi connectivity index (χ1v) is 11.9. The third-order valence-corrected chi connectivity index (χ3v) is 7.96. The smallest absolute Gasteiger partial charge is 0.303 e. The highest BCUT2D eigenvalue weighted by Gasteiger charge is 2.70. The summed E-state index contributed by atoms with van der Waals surface area (Å²) in [5.74, 6) is -2.97. The number of ether oxygens (including phenoxy) is 2. The fourth-order valence-electron chi connectivity index (χ4n) is 6.08. The van der Waals surface area contributed by atoms with Crippen molar-refractivity contribution in [1.82, 2.24) is 10.2 Å². The Morgan fingerprint density at radius 1 is 1.11 bits per heavy atom. The first-order valence-electron chi connectivity index (χ1n) is 11.9. The molecular weight excluding hydrogens is 466 g/mol. The maximum atomic E-state index is 13.9. The van der Waals surface area contributed by atoms with Crippen LogP contribution in [0, 0.1) is 25.7 Å². The largest absolute Gasteiger partial charge is 0.481 e.